The fraction of sp³-hybridized carbons (Fsp3) is 0. The molecule has 0 saturated heterocycles. The van der Waals surface area contributed by atoms with Gasteiger partial charge in [-0.2, -0.15) is 22.9 Å². The predicted molar refractivity (Wildman–Crippen MR) is 192 cm³/mol. The predicted octanol–water partition coefficient (Wildman–Crippen LogP) is 9.60. The van der Waals surface area contributed by atoms with E-state index in [1.54, 1.807) is 30.3 Å². The Morgan fingerprint density at radius 3 is 1.52 bits per heavy atom. The maximum atomic E-state index is 6.31. The number of benzene rings is 4. The quantitative estimate of drug-likeness (QED) is 0.111. The van der Waals surface area contributed by atoms with Crippen molar-refractivity contribution in [2.75, 3.05) is 0 Å². The van der Waals surface area contributed by atoms with Crippen molar-refractivity contribution in [1.82, 2.24) is 29.5 Å². The van der Waals surface area contributed by atoms with Gasteiger partial charge in [-0.05, 0) is 23.5 Å². The average Bonchev–Trinajstić information content (AvgIpc) is 3.83. The number of fused-ring (bicyclic) bond motifs is 3. The molecule has 9 aromatic rings. The fourth-order valence-corrected chi connectivity index (χ4v) is 6.23. The molecule has 0 atom stereocenters. The number of aromatic nitrogens is 6. The monoisotopic (exact) mass is 874 g/mol. The van der Waals surface area contributed by atoms with Gasteiger partial charge in [0.15, 0.2) is 0 Å². The third-order valence-electron chi connectivity index (χ3n) is 7.96. The van der Waals surface area contributed by atoms with Crippen LogP contribution in [0.15, 0.2) is 133 Å². The molecule has 0 aliphatic heterocycles. The molecule has 0 fully saturated rings. The SMILES string of the molecule is [Pd+2].[Pd+2].[c-]1c(Oc2[c-]c3c(cc2)c2ccc(Oc4[c-]c(-c5ccccn5)ccc4)[c-]c2n3-c2ncc(-c3cscn3)cn2)cccc1-c1ccccn1. The van der Waals surface area contributed by atoms with Gasteiger partial charge in [-0.3, -0.25) is 0 Å². The van der Waals surface area contributed by atoms with Gasteiger partial charge in [-0.1, -0.05) is 47.4 Å². The normalized spacial score (nSPS) is 10.8. The number of rotatable bonds is 8. The molecule has 11 heteroatoms. The second-order valence-electron chi connectivity index (χ2n) is 11.1. The first-order chi connectivity index (χ1) is 24.7. The van der Waals surface area contributed by atoms with E-state index >= 15 is 0 Å². The van der Waals surface area contributed by atoms with E-state index in [1.807, 2.05) is 107 Å². The zero-order valence-electron chi connectivity index (χ0n) is 26.7. The van der Waals surface area contributed by atoms with Gasteiger partial charge in [0.1, 0.15) is 0 Å². The third-order valence-corrected chi connectivity index (χ3v) is 8.54. The number of pyridine rings is 2. The fourth-order valence-electron chi connectivity index (χ4n) is 5.66. The first-order valence-corrected chi connectivity index (χ1v) is 16.6. The zero-order chi connectivity index (χ0) is 33.3. The van der Waals surface area contributed by atoms with Crippen molar-refractivity contribution in [3.63, 3.8) is 0 Å². The maximum Gasteiger partial charge on any atom is 2.00 e. The molecule has 5 heterocycles. The molecule has 0 N–H and O–H groups in total. The van der Waals surface area contributed by atoms with Gasteiger partial charge in [0, 0.05) is 58.7 Å². The summed E-state index contributed by atoms with van der Waals surface area (Å²) in [5.41, 5.74) is 8.15. The number of thiazole rings is 1. The Balaban J connectivity index is 0.00000210. The molecule has 0 amide bonds. The Bertz CT molecular complexity index is 2460. The van der Waals surface area contributed by atoms with Crippen molar-refractivity contribution >= 4 is 33.1 Å². The Hall–Kier alpha value is -5.39. The van der Waals surface area contributed by atoms with E-state index in [-0.39, 0.29) is 40.8 Å². The number of hydrogen-bond donors (Lipinski definition) is 0. The standard InChI is InChI=1S/C41H22N6O2S.2Pd/c1-3-17-42-36(11-1)27-7-5-9-30(19-27)48-32-13-15-34-35-16-14-33(49-31-10-6-8-28(20-31)37-12-2-4-18-43-37)22-40(35)47(39(34)21-32)41-44-23-29(24-45-41)38-25-50-26-46-38;;/h1-18,23-26H;;/q-4;2*+2. The maximum absolute atomic E-state index is 6.31. The number of nitrogens with zero attached hydrogens (tertiary/aromatic N) is 6. The minimum absolute atomic E-state index is 0. The molecule has 0 spiro atoms. The van der Waals surface area contributed by atoms with Gasteiger partial charge in [0.2, 0.25) is 5.95 Å². The molecule has 254 valence electrons. The molecule has 0 saturated carbocycles. The van der Waals surface area contributed by atoms with Gasteiger partial charge in [-0.15, -0.1) is 83.1 Å². The van der Waals surface area contributed by atoms with E-state index in [4.69, 9.17) is 19.4 Å². The van der Waals surface area contributed by atoms with Gasteiger partial charge >= 0.3 is 40.8 Å². The van der Waals surface area contributed by atoms with Crippen molar-refractivity contribution in [1.29, 1.82) is 0 Å². The average molecular weight is 876 g/mol. The largest absolute Gasteiger partial charge is 2.00 e. The van der Waals surface area contributed by atoms with Crippen LogP contribution in [-0.2, 0) is 40.8 Å². The second kappa shape index (κ2) is 15.5. The molecular weight excluding hydrogens is 853 g/mol. The molecular formula is C41H22N6O2Pd2S. The Morgan fingerprint density at radius 2 is 1.04 bits per heavy atom. The van der Waals surface area contributed by atoms with Crippen LogP contribution in [0.4, 0.5) is 0 Å². The minimum Gasteiger partial charge on any atom is -0.503 e. The van der Waals surface area contributed by atoms with Crippen LogP contribution in [0.1, 0.15) is 0 Å². The Labute approximate surface area is 330 Å². The summed E-state index contributed by atoms with van der Waals surface area (Å²) >= 11 is 1.52. The van der Waals surface area contributed by atoms with Crippen LogP contribution >= 0.6 is 11.3 Å². The molecule has 0 aliphatic carbocycles. The van der Waals surface area contributed by atoms with E-state index in [9.17, 15) is 0 Å². The van der Waals surface area contributed by atoms with Crippen LogP contribution in [0.5, 0.6) is 23.0 Å². The van der Waals surface area contributed by atoms with Gasteiger partial charge < -0.3 is 24.0 Å². The van der Waals surface area contributed by atoms with Crippen LogP contribution in [0.3, 0.4) is 0 Å². The third kappa shape index (κ3) is 7.06. The van der Waals surface area contributed by atoms with Gasteiger partial charge in [0.05, 0.1) is 11.2 Å². The van der Waals surface area contributed by atoms with E-state index in [0.717, 1.165) is 55.6 Å². The van der Waals surface area contributed by atoms with Crippen LogP contribution in [0, 0.1) is 24.3 Å². The van der Waals surface area contributed by atoms with Crippen molar-refractivity contribution in [2.45, 2.75) is 0 Å². The Kier molecular flexibility index (Phi) is 10.4. The van der Waals surface area contributed by atoms with Crippen molar-refractivity contribution < 1.29 is 50.3 Å². The van der Waals surface area contributed by atoms with E-state index in [1.165, 1.54) is 11.3 Å². The molecule has 8 nitrogen and oxygen atoms in total. The number of hydrogen-bond acceptors (Lipinski definition) is 8. The summed E-state index contributed by atoms with van der Waals surface area (Å²) < 4.78 is 14.5. The van der Waals surface area contributed by atoms with E-state index in [0.29, 0.717) is 28.9 Å². The smallest absolute Gasteiger partial charge is 0.503 e. The molecule has 0 unspecified atom stereocenters. The van der Waals surface area contributed by atoms with Crippen LogP contribution < -0.4 is 9.47 Å². The van der Waals surface area contributed by atoms with Gasteiger partial charge in [0.25, 0.3) is 0 Å². The summed E-state index contributed by atoms with van der Waals surface area (Å²) in [6, 6.07) is 44.4. The molecule has 5 aromatic heterocycles. The summed E-state index contributed by atoms with van der Waals surface area (Å²) in [6.07, 6.45) is 7.05. The van der Waals surface area contributed by atoms with Gasteiger partial charge in [-0.25, -0.2) is 15.0 Å². The summed E-state index contributed by atoms with van der Waals surface area (Å²) in [5.74, 6) is 2.54. The van der Waals surface area contributed by atoms with Crippen LogP contribution in [-0.4, -0.2) is 29.5 Å². The molecule has 0 bridgehead atoms. The minimum atomic E-state index is 0. The van der Waals surface area contributed by atoms with Crippen molar-refractivity contribution in [2.24, 2.45) is 0 Å². The second-order valence-corrected chi connectivity index (χ2v) is 11.9. The van der Waals surface area contributed by atoms with Crippen LogP contribution in [0.25, 0.3) is 61.5 Å². The van der Waals surface area contributed by atoms with E-state index < -0.39 is 0 Å². The molecule has 0 radical (unpaired) electrons. The first kappa shape index (κ1) is 35.0. The zero-order valence-corrected chi connectivity index (χ0v) is 30.7. The topological polar surface area (TPSA) is 87.8 Å². The first-order valence-electron chi connectivity index (χ1n) is 15.6. The summed E-state index contributed by atoms with van der Waals surface area (Å²) in [6.45, 7) is 0. The molecule has 4 aromatic carbocycles. The van der Waals surface area contributed by atoms with Crippen molar-refractivity contribution in [3.05, 3.63) is 157 Å². The molecule has 0 aliphatic rings. The molecule has 52 heavy (non-hydrogen) atoms. The summed E-state index contributed by atoms with van der Waals surface area (Å²) in [5, 5.41) is 3.82. The van der Waals surface area contributed by atoms with Crippen LogP contribution in [0.2, 0.25) is 0 Å². The summed E-state index contributed by atoms with van der Waals surface area (Å²) in [4.78, 5) is 22.8. The number of ether oxygens (including phenoxy) is 2. The van der Waals surface area contributed by atoms with E-state index in [2.05, 4.69) is 39.2 Å². The molecule has 9 rings (SSSR count). The van der Waals surface area contributed by atoms with Crippen molar-refractivity contribution in [3.8, 4) is 62.7 Å². The Morgan fingerprint density at radius 1 is 0.500 bits per heavy atom. The summed E-state index contributed by atoms with van der Waals surface area (Å²) in [7, 11) is 0.